The van der Waals surface area contributed by atoms with E-state index in [1.807, 2.05) is 0 Å². The van der Waals surface area contributed by atoms with E-state index in [4.69, 9.17) is 4.74 Å². The Kier molecular flexibility index (Phi) is 5.52. The van der Waals surface area contributed by atoms with E-state index in [0.717, 1.165) is 18.7 Å². The summed E-state index contributed by atoms with van der Waals surface area (Å²) in [7, 11) is 0. The van der Waals surface area contributed by atoms with E-state index >= 15 is 0 Å². The quantitative estimate of drug-likeness (QED) is 0.640. The van der Waals surface area contributed by atoms with Gasteiger partial charge < -0.3 is 10.1 Å². The fraction of sp³-hybridized carbons (Fsp3) is 0.353. The van der Waals surface area contributed by atoms with Crippen molar-refractivity contribution in [3.8, 4) is 0 Å². The maximum Gasteiger partial charge on any atom is 0.287 e. The molecule has 0 spiro atoms. The first-order valence-electron chi connectivity index (χ1n) is 8.05. The van der Waals surface area contributed by atoms with Gasteiger partial charge in [-0.15, -0.1) is 0 Å². The van der Waals surface area contributed by atoms with E-state index in [9.17, 15) is 14.5 Å². The fourth-order valence-electron chi connectivity index (χ4n) is 2.83. The van der Waals surface area contributed by atoms with Crippen molar-refractivity contribution in [2.24, 2.45) is 0 Å². The van der Waals surface area contributed by atoms with Gasteiger partial charge in [0.05, 0.1) is 24.2 Å². The molecule has 132 valence electrons. The lowest BCUT2D eigenvalue weighted by molar-refractivity contribution is -0.385. The Bertz CT molecular complexity index is 703. The number of rotatable bonds is 6. The summed E-state index contributed by atoms with van der Waals surface area (Å²) < 4.78 is 18.6. The van der Waals surface area contributed by atoms with Gasteiger partial charge in [-0.25, -0.2) is 9.37 Å². The van der Waals surface area contributed by atoms with Gasteiger partial charge in [0.1, 0.15) is 17.8 Å². The second-order valence-electron chi connectivity index (χ2n) is 5.76. The van der Waals surface area contributed by atoms with Crippen LogP contribution in [0, 0.1) is 15.9 Å². The minimum Gasteiger partial charge on any atom is -0.379 e. The third kappa shape index (κ3) is 4.49. The summed E-state index contributed by atoms with van der Waals surface area (Å²) in [6, 6.07) is 9.48. The van der Waals surface area contributed by atoms with Gasteiger partial charge >= 0.3 is 0 Å². The minimum absolute atomic E-state index is 0.0292. The van der Waals surface area contributed by atoms with E-state index in [-0.39, 0.29) is 17.5 Å². The Labute approximate surface area is 144 Å². The first kappa shape index (κ1) is 17.2. The summed E-state index contributed by atoms with van der Waals surface area (Å²) in [6.07, 6.45) is 1.23. The van der Waals surface area contributed by atoms with Crippen LogP contribution >= 0.6 is 0 Å². The maximum atomic E-state index is 13.2. The molecule has 3 rings (SSSR count). The molecule has 1 aromatic carbocycles. The highest BCUT2D eigenvalue weighted by atomic mass is 19.1. The van der Waals surface area contributed by atoms with Crippen LogP contribution in [0.3, 0.4) is 0 Å². The molecule has 8 heteroatoms. The van der Waals surface area contributed by atoms with Crippen LogP contribution in [0.15, 0.2) is 42.6 Å². The number of pyridine rings is 1. The van der Waals surface area contributed by atoms with Crippen LogP contribution in [0.2, 0.25) is 0 Å². The number of hydrogen-bond donors (Lipinski definition) is 1. The predicted octanol–water partition coefficient (Wildman–Crippen LogP) is 2.61. The van der Waals surface area contributed by atoms with Crippen LogP contribution < -0.4 is 5.32 Å². The van der Waals surface area contributed by atoms with Crippen molar-refractivity contribution in [1.29, 1.82) is 0 Å². The lowest BCUT2D eigenvalue weighted by Crippen LogP contribution is -2.41. The summed E-state index contributed by atoms with van der Waals surface area (Å²) in [5.74, 6) is 0.292. The highest BCUT2D eigenvalue weighted by Gasteiger charge is 2.22. The highest BCUT2D eigenvalue weighted by Crippen LogP contribution is 2.23. The van der Waals surface area contributed by atoms with Crippen LogP contribution in [-0.4, -0.2) is 47.7 Å². The predicted molar refractivity (Wildman–Crippen MR) is 90.9 cm³/mol. The number of nitro groups is 1. The summed E-state index contributed by atoms with van der Waals surface area (Å²) in [5.41, 5.74) is 0.950. The fourth-order valence-corrected chi connectivity index (χ4v) is 2.83. The van der Waals surface area contributed by atoms with Crippen LogP contribution in [-0.2, 0) is 4.74 Å². The Hall–Kier alpha value is -2.58. The first-order chi connectivity index (χ1) is 12.1. The number of hydrogen-bond acceptors (Lipinski definition) is 6. The Morgan fingerprint density at radius 2 is 1.96 bits per heavy atom. The van der Waals surface area contributed by atoms with Crippen molar-refractivity contribution < 1.29 is 14.1 Å². The van der Waals surface area contributed by atoms with Crippen molar-refractivity contribution in [3.05, 3.63) is 64.1 Å². The zero-order valence-electron chi connectivity index (χ0n) is 13.6. The standard InChI is InChI=1S/C17H19FN4O3/c18-14-3-1-13(2-4-14)16(21-7-9-25-10-8-21)12-20-17-6-5-15(11-19-17)22(23)24/h1-6,11,16H,7-10,12H2,(H,19,20)/t16-/m0/s1. The molecule has 0 amide bonds. The number of benzene rings is 1. The molecule has 1 aromatic heterocycles. The van der Waals surface area contributed by atoms with E-state index in [2.05, 4.69) is 15.2 Å². The van der Waals surface area contributed by atoms with E-state index < -0.39 is 4.92 Å². The highest BCUT2D eigenvalue weighted by molar-refractivity contribution is 5.40. The van der Waals surface area contributed by atoms with Gasteiger partial charge in [-0.3, -0.25) is 15.0 Å². The number of aromatic nitrogens is 1. The molecule has 7 nitrogen and oxygen atoms in total. The second-order valence-corrected chi connectivity index (χ2v) is 5.76. The number of nitrogens with one attached hydrogen (secondary N) is 1. The van der Waals surface area contributed by atoms with Crippen LogP contribution in [0.25, 0.3) is 0 Å². The normalized spacial score (nSPS) is 16.4. The summed E-state index contributed by atoms with van der Waals surface area (Å²) in [5, 5.41) is 13.9. The van der Waals surface area contributed by atoms with E-state index in [1.54, 1.807) is 18.2 Å². The van der Waals surface area contributed by atoms with Gasteiger partial charge in [0, 0.05) is 25.7 Å². The van der Waals surface area contributed by atoms with Crippen LogP contribution in [0.5, 0.6) is 0 Å². The van der Waals surface area contributed by atoms with Crippen molar-refractivity contribution in [2.45, 2.75) is 6.04 Å². The van der Waals surface area contributed by atoms with Crippen LogP contribution in [0.1, 0.15) is 11.6 Å². The average molecular weight is 346 g/mol. The average Bonchev–Trinajstić information content (AvgIpc) is 2.64. The topological polar surface area (TPSA) is 80.5 Å². The zero-order chi connectivity index (χ0) is 17.6. The Balaban J connectivity index is 1.72. The summed E-state index contributed by atoms with van der Waals surface area (Å²) in [6.45, 7) is 3.45. The van der Waals surface area contributed by atoms with Gasteiger partial charge in [0.25, 0.3) is 5.69 Å². The number of halogens is 1. The molecule has 1 atom stereocenters. The third-order valence-corrected chi connectivity index (χ3v) is 4.18. The van der Waals surface area contributed by atoms with Crippen molar-refractivity contribution in [1.82, 2.24) is 9.88 Å². The lowest BCUT2D eigenvalue weighted by atomic mass is 10.0. The van der Waals surface area contributed by atoms with Gasteiger partial charge in [0.2, 0.25) is 0 Å². The van der Waals surface area contributed by atoms with E-state index in [1.165, 1.54) is 24.4 Å². The molecule has 0 bridgehead atoms. The van der Waals surface area contributed by atoms with Gasteiger partial charge in [-0.05, 0) is 23.8 Å². The number of morpholine rings is 1. The maximum absolute atomic E-state index is 13.2. The van der Waals surface area contributed by atoms with Gasteiger partial charge in [-0.2, -0.15) is 0 Å². The molecule has 1 saturated heterocycles. The van der Waals surface area contributed by atoms with Crippen LogP contribution in [0.4, 0.5) is 15.9 Å². The molecule has 0 radical (unpaired) electrons. The van der Waals surface area contributed by atoms with Crippen molar-refractivity contribution >= 4 is 11.5 Å². The number of ether oxygens (including phenoxy) is 1. The first-order valence-corrected chi connectivity index (χ1v) is 8.05. The molecule has 0 aliphatic carbocycles. The molecule has 0 unspecified atom stereocenters. The largest absolute Gasteiger partial charge is 0.379 e. The molecule has 0 saturated carbocycles. The molecule has 2 heterocycles. The molecular weight excluding hydrogens is 327 g/mol. The SMILES string of the molecule is O=[N+]([O-])c1ccc(NC[C@@H](c2ccc(F)cc2)N2CCOCC2)nc1. The lowest BCUT2D eigenvalue weighted by Gasteiger charge is -2.35. The molecule has 1 aliphatic rings. The smallest absolute Gasteiger partial charge is 0.287 e. The van der Waals surface area contributed by atoms with Crippen molar-refractivity contribution in [3.63, 3.8) is 0 Å². The monoisotopic (exact) mass is 346 g/mol. The summed E-state index contributed by atoms with van der Waals surface area (Å²) >= 11 is 0. The second kappa shape index (κ2) is 8.00. The molecular formula is C17H19FN4O3. The molecule has 1 aliphatic heterocycles. The third-order valence-electron chi connectivity index (χ3n) is 4.18. The summed E-state index contributed by atoms with van der Waals surface area (Å²) in [4.78, 5) is 16.6. The zero-order valence-corrected chi connectivity index (χ0v) is 13.6. The minimum atomic E-state index is -0.480. The van der Waals surface area contributed by atoms with Gasteiger partial charge in [-0.1, -0.05) is 12.1 Å². The molecule has 1 N–H and O–H groups in total. The number of anilines is 1. The molecule has 25 heavy (non-hydrogen) atoms. The van der Waals surface area contributed by atoms with Crippen molar-refractivity contribution in [2.75, 3.05) is 38.2 Å². The Morgan fingerprint density at radius 3 is 2.56 bits per heavy atom. The Morgan fingerprint density at radius 1 is 1.24 bits per heavy atom. The van der Waals surface area contributed by atoms with E-state index in [0.29, 0.717) is 25.6 Å². The number of nitrogens with zero attached hydrogens (tertiary/aromatic N) is 3. The van der Waals surface area contributed by atoms with Gasteiger partial charge in [0.15, 0.2) is 0 Å². The molecule has 1 fully saturated rings. The molecule has 2 aromatic rings.